The highest BCUT2D eigenvalue weighted by atomic mass is 35.5. The molecule has 4 nitrogen and oxygen atoms in total. The summed E-state index contributed by atoms with van der Waals surface area (Å²) in [6.45, 7) is 1.31. The van der Waals surface area contributed by atoms with E-state index in [0.29, 0.717) is 12.1 Å². The smallest absolute Gasteiger partial charge is 0.253 e. The van der Waals surface area contributed by atoms with Crippen molar-refractivity contribution in [2.45, 2.75) is 19.4 Å². The Morgan fingerprint density at radius 1 is 1.33 bits per heavy atom. The number of benzene rings is 1. The van der Waals surface area contributed by atoms with E-state index in [-0.39, 0.29) is 18.3 Å². The maximum atomic E-state index is 11.9. The van der Waals surface area contributed by atoms with Gasteiger partial charge in [0.2, 0.25) is 0 Å². The van der Waals surface area contributed by atoms with E-state index in [2.05, 4.69) is 16.4 Å². The number of nitrogens with zero attached hydrogens (tertiary/aromatic N) is 1. The van der Waals surface area contributed by atoms with Crippen LogP contribution < -0.4 is 10.1 Å². The predicted molar refractivity (Wildman–Crippen MR) is 82.9 cm³/mol. The summed E-state index contributed by atoms with van der Waals surface area (Å²) in [6, 6.07) is 9.60. The monoisotopic (exact) mass is 304 g/mol. The molecular formula is C16H17ClN2O2. The number of aromatic nitrogens is 1. The number of pyridine rings is 1. The first-order valence-electron chi connectivity index (χ1n) is 6.76. The van der Waals surface area contributed by atoms with Gasteiger partial charge in [0.05, 0.1) is 12.2 Å². The van der Waals surface area contributed by atoms with Crippen molar-refractivity contribution in [3.05, 3.63) is 59.4 Å². The van der Waals surface area contributed by atoms with Crippen molar-refractivity contribution in [1.29, 1.82) is 0 Å². The van der Waals surface area contributed by atoms with Gasteiger partial charge in [0.15, 0.2) is 0 Å². The first-order valence-corrected chi connectivity index (χ1v) is 6.76. The minimum atomic E-state index is -0.105. The molecule has 2 aromatic rings. The number of nitrogens with one attached hydrogen (secondary N) is 1. The molecule has 2 heterocycles. The molecule has 1 amide bonds. The van der Waals surface area contributed by atoms with Gasteiger partial charge < -0.3 is 10.1 Å². The first-order chi connectivity index (χ1) is 9.83. The Kier molecular flexibility index (Phi) is 5.17. The van der Waals surface area contributed by atoms with Crippen LogP contribution in [0.15, 0.2) is 42.7 Å². The largest absolute Gasteiger partial charge is 0.493 e. The van der Waals surface area contributed by atoms with Gasteiger partial charge in [0.1, 0.15) is 5.75 Å². The topological polar surface area (TPSA) is 51.2 Å². The molecule has 110 valence electrons. The second kappa shape index (κ2) is 7.09. The van der Waals surface area contributed by atoms with Gasteiger partial charge in [-0.2, -0.15) is 0 Å². The summed E-state index contributed by atoms with van der Waals surface area (Å²) in [7, 11) is 0. The molecule has 1 aromatic carbocycles. The Morgan fingerprint density at radius 3 is 3.05 bits per heavy atom. The molecule has 1 N–H and O–H groups in total. The third-order valence-corrected chi connectivity index (χ3v) is 3.35. The van der Waals surface area contributed by atoms with E-state index in [1.165, 1.54) is 5.56 Å². The zero-order chi connectivity index (χ0) is 13.8. The van der Waals surface area contributed by atoms with Gasteiger partial charge in [0, 0.05) is 18.9 Å². The fourth-order valence-corrected chi connectivity index (χ4v) is 2.31. The molecule has 0 spiro atoms. The van der Waals surface area contributed by atoms with E-state index in [9.17, 15) is 4.79 Å². The lowest BCUT2D eigenvalue weighted by Gasteiger charge is -2.18. The Bertz CT molecular complexity index is 617. The Labute approximate surface area is 130 Å². The number of ether oxygens (including phenoxy) is 1. The van der Waals surface area contributed by atoms with Crippen LogP contribution in [0, 0.1) is 0 Å². The maximum Gasteiger partial charge on any atom is 0.253 e. The van der Waals surface area contributed by atoms with Crippen LogP contribution >= 0.6 is 12.4 Å². The number of carbonyl (C=O) groups excluding carboxylic acids is 1. The third-order valence-electron chi connectivity index (χ3n) is 3.35. The average molecular weight is 305 g/mol. The van der Waals surface area contributed by atoms with E-state index in [0.717, 1.165) is 30.8 Å². The van der Waals surface area contributed by atoms with Crippen LogP contribution in [0.1, 0.15) is 27.9 Å². The van der Waals surface area contributed by atoms with Gasteiger partial charge >= 0.3 is 0 Å². The standard InChI is InChI=1S/C16H16N2O2.ClH/c19-16(14-3-1-7-17-11-14)18-10-12-5-6-15-13(9-12)4-2-8-20-15;/h1,3,5-7,9,11H,2,4,8,10H2,(H,18,19);1H. The van der Waals surface area contributed by atoms with E-state index in [1.807, 2.05) is 12.1 Å². The molecule has 0 atom stereocenters. The molecule has 0 saturated carbocycles. The number of hydrogen-bond acceptors (Lipinski definition) is 3. The molecule has 1 aromatic heterocycles. The van der Waals surface area contributed by atoms with E-state index in [4.69, 9.17) is 4.74 Å². The second-order valence-electron chi connectivity index (χ2n) is 4.82. The van der Waals surface area contributed by atoms with Crippen molar-refractivity contribution in [3.8, 4) is 5.75 Å². The molecule has 0 aliphatic carbocycles. The van der Waals surface area contributed by atoms with Crippen LogP contribution in [-0.4, -0.2) is 17.5 Å². The highest BCUT2D eigenvalue weighted by Crippen LogP contribution is 2.25. The van der Waals surface area contributed by atoms with Gasteiger partial charge in [-0.05, 0) is 42.2 Å². The zero-order valence-electron chi connectivity index (χ0n) is 11.5. The molecule has 21 heavy (non-hydrogen) atoms. The van der Waals surface area contributed by atoms with Crippen molar-refractivity contribution in [2.24, 2.45) is 0 Å². The van der Waals surface area contributed by atoms with Gasteiger partial charge in [-0.25, -0.2) is 0 Å². The summed E-state index contributed by atoms with van der Waals surface area (Å²) >= 11 is 0. The second-order valence-corrected chi connectivity index (χ2v) is 4.82. The molecule has 0 unspecified atom stereocenters. The summed E-state index contributed by atoms with van der Waals surface area (Å²) < 4.78 is 5.58. The van der Waals surface area contributed by atoms with Gasteiger partial charge in [-0.1, -0.05) is 12.1 Å². The predicted octanol–water partition coefficient (Wildman–Crippen LogP) is 2.76. The zero-order valence-corrected chi connectivity index (χ0v) is 12.4. The van der Waals surface area contributed by atoms with Crippen LogP contribution in [0.4, 0.5) is 0 Å². The molecule has 0 fully saturated rings. The van der Waals surface area contributed by atoms with Crippen LogP contribution in [0.3, 0.4) is 0 Å². The number of hydrogen-bond donors (Lipinski definition) is 1. The quantitative estimate of drug-likeness (QED) is 0.948. The van der Waals surface area contributed by atoms with Crippen molar-refractivity contribution in [1.82, 2.24) is 10.3 Å². The van der Waals surface area contributed by atoms with Crippen LogP contribution in [0.5, 0.6) is 5.75 Å². The maximum absolute atomic E-state index is 11.9. The summed E-state index contributed by atoms with van der Waals surface area (Å²) in [6.07, 6.45) is 5.31. The Balaban J connectivity index is 0.00000161. The van der Waals surface area contributed by atoms with Crippen molar-refractivity contribution in [2.75, 3.05) is 6.61 Å². The molecule has 0 bridgehead atoms. The van der Waals surface area contributed by atoms with Crippen molar-refractivity contribution < 1.29 is 9.53 Å². The minimum Gasteiger partial charge on any atom is -0.493 e. The van der Waals surface area contributed by atoms with Gasteiger partial charge in [-0.15, -0.1) is 12.4 Å². The van der Waals surface area contributed by atoms with Crippen LogP contribution in [0.25, 0.3) is 0 Å². The minimum absolute atomic E-state index is 0. The highest BCUT2D eigenvalue weighted by Gasteiger charge is 2.11. The molecule has 5 heteroatoms. The molecule has 0 saturated heterocycles. The van der Waals surface area contributed by atoms with Crippen LogP contribution in [0.2, 0.25) is 0 Å². The van der Waals surface area contributed by atoms with Crippen molar-refractivity contribution >= 4 is 18.3 Å². The number of rotatable bonds is 3. The summed E-state index contributed by atoms with van der Waals surface area (Å²) in [4.78, 5) is 15.9. The SMILES string of the molecule is Cl.O=C(NCc1ccc2c(c1)CCCO2)c1cccnc1. The Hall–Kier alpha value is -2.07. The molecule has 1 aliphatic heterocycles. The van der Waals surface area contributed by atoms with E-state index < -0.39 is 0 Å². The lowest BCUT2D eigenvalue weighted by Crippen LogP contribution is -2.23. The first kappa shape index (κ1) is 15.3. The number of carbonyl (C=O) groups is 1. The van der Waals surface area contributed by atoms with Crippen molar-refractivity contribution in [3.63, 3.8) is 0 Å². The number of amides is 1. The lowest BCUT2D eigenvalue weighted by atomic mass is 10.0. The van der Waals surface area contributed by atoms with Crippen LogP contribution in [-0.2, 0) is 13.0 Å². The normalized spacial score (nSPS) is 12.6. The summed E-state index contributed by atoms with van der Waals surface area (Å²) in [5.41, 5.74) is 2.89. The Morgan fingerprint density at radius 2 is 2.24 bits per heavy atom. The number of halogens is 1. The lowest BCUT2D eigenvalue weighted by molar-refractivity contribution is 0.0950. The molecule has 3 rings (SSSR count). The fraction of sp³-hybridized carbons (Fsp3) is 0.250. The summed E-state index contributed by atoms with van der Waals surface area (Å²) in [5, 5.41) is 2.90. The summed E-state index contributed by atoms with van der Waals surface area (Å²) in [5.74, 6) is 0.866. The molecule has 0 radical (unpaired) electrons. The third kappa shape index (κ3) is 3.73. The fourth-order valence-electron chi connectivity index (χ4n) is 2.31. The van der Waals surface area contributed by atoms with Gasteiger partial charge in [0.25, 0.3) is 5.91 Å². The average Bonchev–Trinajstić information content (AvgIpc) is 2.53. The highest BCUT2D eigenvalue weighted by molar-refractivity contribution is 5.93. The van der Waals surface area contributed by atoms with E-state index >= 15 is 0 Å². The van der Waals surface area contributed by atoms with Gasteiger partial charge in [-0.3, -0.25) is 9.78 Å². The number of fused-ring (bicyclic) bond motifs is 1. The molecule has 1 aliphatic rings. The number of aryl methyl sites for hydroxylation is 1. The molecular weight excluding hydrogens is 288 g/mol. The van der Waals surface area contributed by atoms with E-state index in [1.54, 1.807) is 24.5 Å².